The number of rotatable bonds is 8. The number of ether oxygens (including phenoxy) is 1. The van der Waals surface area contributed by atoms with E-state index in [0.29, 0.717) is 30.3 Å². The van der Waals surface area contributed by atoms with Gasteiger partial charge in [-0.3, -0.25) is 5.10 Å². The Labute approximate surface area is 119 Å². The molecule has 1 aliphatic carbocycles. The minimum atomic E-state index is -3.62. The molecule has 0 aromatic carbocycles. The van der Waals surface area contributed by atoms with Crippen LogP contribution in [-0.2, 0) is 21.3 Å². The molecule has 7 nitrogen and oxygen atoms in total. The largest absolute Gasteiger partial charge is 0.380 e. The first kappa shape index (κ1) is 15.4. The second-order valence-corrected chi connectivity index (χ2v) is 7.14. The van der Waals surface area contributed by atoms with Crippen molar-refractivity contribution in [1.82, 2.24) is 14.5 Å². The van der Waals surface area contributed by atoms with Gasteiger partial charge in [-0.25, -0.2) is 8.42 Å². The van der Waals surface area contributed by atoms with Crippen molar-refractivity contribution in [3.63, 3.8) is 0 Å². The van der Waals surface area contributed by atoms with E-state index in [1.54, 1.807) is 6.92 Å². The Morgan fingerprint density at radius 2 is 2.20 bits per heavy atom. The maximum atomic E-state index is 12.4. The molecule has 0 aliphatic heterocycles. The average Bonchev–Trinajstić information content (AvgIpc) is 3.15. The van der Waals surface area contributed by atoms with Crippen molar-refractivity contribution in [1.29, 1.82) is 0 Å². The summed E-state index contributed by atoms with van der Waals surface area (Å²) in [6.45, 7) is 3.33. The zero-order chi connectivity index (χ0) is 14.8. The van der Waals surface area contributed by atoms with Crippen LogP contribution >= 0.6 is 0 Å². The Balaban J connectivity index is 1.96. The Morgan fingerprint density at radius 1 is 1.50 bits per heavy atom. The number of hydrogen-bond acceptors (Lipinski definition) is 5. The van der Waals surface area contributed by atoms with E-state index >= 15 is 0 Å². The lowest BCUT2D eigenvalue weighted by Gasteiger charge is -2.16. The van der Waals surface area contributed by atoms with E-state index in [1.165, 1.54) is 24.2 Å². The summed E-state index contributed by atoms with van der Waals surface area (Å²) in [7, 11) is -2.09. The maximum absolute atomic E-state index is 12.4. The number of nitrogens with one attached hydrogen (secondary N) is 1. The highest BCUT2D eigenvalue weighted by Crippen LogP contribution is 2.28. The maximum Gasteiger partial charge on any atom is 0.262 e. The molecule has 20 heavy (non-hydrogen) atoms. The highest BCUT2D eigenvalue weighted by atomic mass is 32.2. The molecule has 0 bridgehead atoms. The predicted octanol–water partition coefficient (Wildman–Crippen LogP) is 0.224. The van der Waals surface area contributed by atoms with Crippen LogP contribution in [0.2, 0.25) is 0 Å². The molecule has 0 atom stereocenters. The lowest BCUT2D eigenvalue weighted by atomic mass is 10.3. The highest BCUT2D eigenvalue weighted by Gasteiger charge is 2.27. The summed E-state index contributed by atoms with van der Waals surface area (Å²) in [5, 5.41) is 6.56. The molecular weight excluding hydrogens is 280 g/mol. The second-order valence-electron chi connectivity index (χ2n) is 5.18. The van der Waals surface area contributed by atoms with E-state index in [0.717, 1.165) is 6.61 Å². The van der Waals surface area contributed by atoms with Crippen molar-refractivity contribution < 1.29 is 13.2 Å². The lowest BCUT2D eigenvalue weighted by molar-refractivity contribution is 0.117. The van der Waals surface area contributed by atoms with Gasteiger partial charge < -0.3 is 10.5 Å². The van der Waals surface area contributed by atoms with Crippen LogP contribution in [0, 0.1) is 12.8 Å². The third kappa shape index (κ3) is 3.38. The molecule has 0 spiro atoms. The third-order valence-electron chi connectivity index (χ3n) is 3.50. The van der Waals surface area contributed by atoms with Crippen molar-refractivity contribution >= 4 is 10.0 Å². The molecule has 114 valence electrons. The van der Waals surface area contributed by atoms with E-state index < -0.39 is 10.0 Å². The Hall–Kier alpha value is -0.960. The number of likely N-dealkylation sites (N-methyl/N-ethyl adjacent to an activating group) is 1. The molecule has 1 heterocycles. The molecular formula is C12H22N4O3S. The van der Waals surface area contributed by atoms with Gasteiger partial charge in [-0.05, 0) is 25.7 Å². The average molecular weight is 302 g/mol. The van der Waals surface area contributed by atoms with Crippen molar-refractivity contribution in [2.24, 2.45) is 11.7 Å². The molecule has 1 saturated carbocycles. The summed E-state index contributed by atoms with van der Waals surface area (Å²) in [4.78, 5) is 0. The molecule has 0 amide bonds. The third-order valence-corrected chi connectivity index (χ3v) is 5.33. The molecule has 1 aromatic rings. The van der Waals surface area contributed by atoms with Gasteiger partial charge >= 0.3 is 0 Å². The summed E-state index contributed by atoms with van der Waals surface area (Å²) in [5.41, 5.74) is 6.81. The fourth-order valence-corrected chi connectivity index (χ4v) is 3.20. The number of sulfonamides is 1. The molecule has 0 radical (unpaired) electrons. The molecule has 1 aromatic heterocycles. The Bertz CT molecular complexity index is 551. The summed E-state index contributed by atoms with van der Waals surface area (Å²) >= 11 is 0. The van der Waals surface area contributed by atoms with Crippen molar-refractivity contribution in [3.05, 3.63) is 11.3 Å². The van der Waals surface area contributed by atoms with Crippen LogP contribution in [0.4, 0.5) is 0 Å². The lowest BCUT2D eigenvalue weighted by Crippen LogP contribution is -2.31. The van der Waals surface area contributed by atoms with E-state index in [2.05, 4.69) is 10.2 Å². The molecule has 3 N–H and O–H groups in total. The molecule has 0 unspecified atom stereocenters. The molecule has 1 fully saturated rings. The van der Waals surface area contributed by atoms with E-state index in [9.17, 15) is 8.42 Å². The number of nitrogens with two attached hydrogens (primary N) is 1. The van der Waals surface area contributed by atoms with Gasteiger partial charge in [0.25, 0.3) is 10.0 Å². The van der Waals surface area contributed by atoms with Crippen LogP contribution in [0.5, 0.6) is 0 Å². The smallest absolute Gasteiger partial charge is 0.262 e. The second kappa shape index (κ2) is 6.21. The first-order chi connectivity index (χ1) is 9.46. The van der Waals surface area contributed by atoms with Gasteiger partial charge in [-0.15, -0.1) is 0 Å². The first-order valence-corrected chi connectivity index (χ1v) is 8.18. The summed E-state index contributed by atoms with van der Waals surface area (Å²) in [5.74, 6) is 0.676. The van der Waals surface area contributed by atoms with Crippen molar-refractivity contribution in [3.8, 4) is 0 Å². The monoisotopic (exact) mass is 302 g/mol. The topological polar surface area (TPSA) is 101 Å². The standard InChI is InChI=1S/C12H22N4O3S/c1-9-11(7-13)12(15-14-9)20(17,18)16(2)5-6-19-8-10-3-4-10/h10H,3-8,13H2,1-2H3,(H,14,15). The SMILES string of the molecule is Cc1[nH]nc(S(=O)(=O)N(C)CCOCC2CC2)c1CN. The number of aryl methyl sites for hydroxylation is 1. The molecule has 8 heteroatoms. The summed E-state index contributed by atoms with van der Waals surface area (Å²) in [6, 6.07) is 0. The number of nitrogens with zero attached hydrogens (tertiary/aromatic N) is 2. The number of aromatic amines is 1. The predicted molar refractivity (Wildman–Crippen MR) is 74.6 cm³/mol. The van der Waals surface area contributed by atoms with Crippen LogP contribution in [0.1, 0.15) is 24.1 Å². The van der Waals surface area contributed by atoms with Gasteiger partial charge in [0.15, 0.2) is 5.03 Å². The van der Waals surface area contributed by atoms with Crippen molar-refractivity contribution in [2.45, 2.75) is 31.3 Å². The van der Waals surface area contributed by atoms with E-state index in [-0.39, 0.29) is 11.6 Å². The van der Waals surface area contributed by atoms with Crippen LogP contribution in [0.15, 0.2) is 5.03 Å². The van der Waals surface area contributed by atoms with Crippen molar-refractivity contribution in [2.75, 3.05) is 26.8 Å². The number of aromatic nitrogens is 2. The highest BCUT2D eigenvalue weighted by molar-refractivity contribution is 7.89. The summed E-state index contributed by atoms with van der Waals surface area (Å²) < 4.78 is 31.5. The zero-order valence-electron chi connectivity index (χ0n) is 11.9. The molecule has 2 rings (SSSR count). The van der Waals surface area contributed by atoms with E-state index in [1.807, 2.05) is 0 Å². The minimum Gasteiger partial charge on any atom is -0.380 e. The number of H-pyrrole nitrogens is 1. The van der Waals surface area contributed by atoms with Gasteiger partial charge in [-0.2, -0.15) is 9.40 Å². The van der Waals surface area contributed by atoms with Gasteiger partial charge in [0.2, 0.25) is 0 Å². The Kier molecular flexibility index (Phi) is 4.79. The zero-order valence-corrected chi connectivity index (χ0v) is 12.7. The molecule has 0 saturated heterocycles. The molecule has 1 aliphatic rings. The fraction of sp³-hybridized carbons (Fsp3) is 0.750. The van der Waals surface area contributed by atoms with Gasteiger partial charge in [-0.1, -0.05) is 0 Å². The van der Waals surface area contributed by atoms with Crippen LogP contribution in [0.25, 0.3) is 0 Å². The van der Waals surface area contributed by atoms with Crippen LogP contribution in [-0.4, -0.2) is 49.7 Å². The fourth-order valence-electron chi connectivity index (χ4n) is 1.88. The minimum absolute atomic E-state index is 0.0159. The van der Waals surface area contributed by atoms with Gasteiger partial charge in [0, 0.05) is 38.0 Å². The van der Waals surface area contributed by atoms with E-state index in [4.69, 9.17) is 10.5 Å². The number of hydrogen-bond donors (Lipinski definition) is 2. The Morgan fingerprint density at radius 3 is 2.80 bits per heavy atom. The van der Waals surface area contributed by atoms with Crippen LogP contribution < -0.4 is 5.73 Å². The summed E-state index contributed by atoms with van der Waals surface area (Å²) in [6.07, 6.45) is 2.45. The van der Waals surface area contributed by atoms with Gasteiger partial charge in [0.05, 0.1) is 6.61 Å². The first-order valence-electron chi connectivity index (χ1n) is 6.74. The van der Waals surface area contributed by atoms with Gasteiger partial charge in [0.1, 0.15) is 0 Å². The quantitative estimate of drug-likeness (QED) is 0.669. The van der Waals surface area contributed by atoms with Crippen LogP contribution in [0.3, 0.4) is 0 Å². The normalized spacial score (nSPS) is 16.0.